The summed E-state index contributed by atoms with van der Waals surface area (Å²) in [6.45, 7) is 16.1. The van der Waals surface area contributed by atoms with Crippen LogP contribution in [-0.4, -0.2) is 64.5 Å². The molecule has 0 saturated carbocycles. The number of aryl methyl sites for hydroxylation is 1. The Morgan fingerprint density at radius 2 is 1.44 bits per heavy atom. The number of nitrogens with one attached hydrogen (secondary N) is 2. The SMILES string of the molecule is CCCCCN(C(=O)C(CC(N)=O)NC(=O)OC(C)(C)C)C(C(=O)NC(Cc1ccccc1)C(=O)OC(C)(C)C)c1cccc(C)c1C. The summed E-state index contributed by atoms with van der Waals surface area (Å²) in [6, 6.07) is 11.0. The van der Waals surface area contributed by atoms with E-state index in [9.17, 15) is 24.0 Å². The molecule has 2 aromatic carbocycles. The number of benzene rings is 2. The van der Waals surface area contributed by atoms with Crippen LogP contribution >= 0.6 is 0 Å². The van der Waals surface area contributed by atoms with Crippen molar-refractivity contribution in [2.24, 2.45) is 5.73 Å². The topological polar surface area (TPSA) is 157 Å². The van der Waals surface area contributed by atoms with E-state index in [0.717, 1.165) is 29.5 Å². The predicted octanol–water partition coefficient (Wildman–Crippen LogP) is 5.20. The summed E-state index contributed by atoms with van der Waals surface area (Å²) in [5.41, 5.74) is 6.85. The molecule has 0 aromatic heterocycles. The number of hydrogen-bond acceptors (Lipinski definition) is 7. The summed E-state index contributed by atoms with van der Waals surface area (Å²) in [5.74, 6) is -2.75. The second-order valence-corrected chi connectivity index (χ2v) is 14.1. The number of amides is 4. The zero-order valence-electron chi connectivity index (χ0n) is 30.0. The van der Waals surface area contributed by atoms with Crippen molar-refractivity contribution < 1.29 is 33.4 Å². The van der Waals surface area contributed by atoms with Crippen LogP contribution in [0, 0.1) is 13.8 Å². The lowest BCUT2D eigenvalue weighted by molar-refractivity contribution is -0.159. The standard InChI is InChI=1S/C37H54N4O7/c1-10-11-15-21-41(33(44)28(23-30(38)42)40-35(46)48-37(7,8)9)31(27-20-16-17-24(2)25(27)3)32(43)39-29(34(45)47-36(4,5)6)22-26-18-13-12-14-19-26/h12-14,16-20,28-29,31H,10-11,15,21-23H2,1-9H3,(H2,38,42)(H,39,43)(H,40,46). The van der Waals surface area contributed by atoms with Crippen molar-refractivity contribution in [3.8, 4) is 0 Å². The molecular formula is C37H54N4O7. The van der Waals surface area contributed by atoms with Crippen molar-refractivity contribution in [1.82, 2.24) is 15.5 Å². The van der Waals surface area contributed by atoms with Gasteiger partial charge >= 0.3 is 12.1 Å². The molecule has 3 unspecified atom stereocenters. The van der Waals surface area contributed by atoms with Gasteiger partial charge in [0.15, 0.2) is 0 Å². The Kier molecular flexibility index (Phi) is 14.6. The van der Waals surface area contributed by atoms with Crippen molar-refractivity contribution in [1.29, 1.82) is 0 Å². The number of unbranched alkanes of at least 4 members (excludes halogenated alkanes) is 2. The average molecular weight is 667 g/mol. The number of ether oxygens (including phenoxy) is 2. The molecule has 264 valence electrons. The van der Waals surface area contributed by atoms with Gasteiger partial charge in [-0.25, -0.2) is 9.59 Å². The molecule has 0 fully saturated rings. The third kappa shape index (κ3) is 13.0. The number of hydrogen-bond donors (Lipinski definition) is 3. The second kappa shape index (κ2) is 17.7. The van der Waals surface area contributed by atoms with Gasteiger partial charge in [-0.2, -0.15) is 0 Å². The number of carbonyl (C=O) groups excluding carboxylic acids is 5. The zero-order chi connectivity index (χ0) is 36.2. The molecule has 3 atom stereocenters. The highest BCUT2D eigenvalue weighted by atomic mass is 16.6. The number of esters is 1. The molecule has 2 rings (SSSR count). The minimum atomic E-state index is -1.41. The van der Waals surface area contributed by atoms with Crippen LogP contribution in [0.25, 0.3) is 0 Å². The summed E-state index contributed by atoms with van der Waals surface area (Å²) >= 11 is 0. The van der Waals surface area contributed by atoms with Crippen LogP contribution in [0.15, 0.2) is 48.5 Å². The number of rotatable bonds is 15. The van der Waals surface area contributed by atoms with Gasteiger partial charge in [0.25, 0.3) is 0 Å². The number of nitrogens with zero attached hydrogens (tertiary/aromatic N) is 1. The molecule has 48 heavy (non-hydrogen) atoms. The molecule has 0 radical (unpaired) electrons. The minimum Gasteiger partial charge on any atom is -0.458 e. The number of primary amides is 1. The van der Waals surface area contributed by atoms with Gasteiger partial charge in [-0.3, -0.25) is 14.4 Å². The molecule has 4 N–H and O–H groups in total. The van der Waals surface area contributed by atoms with Gasteiger partial charge in [0.2, 0.25) is 17.7 Å². The van der Waals surface area contributed by atoms with Crippen LogP contribution in [0.5, 0.6) is 0 Å². The Hall–Kier alpha value is -4.41. The Bertz CT molecular complexity index is 1410. The molecule has 11 nitrogen and oxygen atoms in total. The summed E-state index contributed by atoms with van der Waals surface area (Å²) < 4.78 is 11.1. The Balaban J connectivity index is 2.69. The quantitative estimate of drug-likeness (QED) is 0.174. The molecule has 2 aromatic rings. The Morgan fingerprint density at radius 3 is 2.00 bits per heavy atom. The number of nitrogens with two attached hydrogens (primary N) is 1. The highest BCUT2D eigenvalue weighted by Crippen LogP contribution is 2.29. The molecule has 0 heterocycles. The molecule has 0 bridgehead atoms. The van der Waals surface area contributed by atoms with Gasteiger partial charge in [-0.05, 0) is 84.1 Å². The molecule has 0 saturated heterocycles. The smallest absolute Gasteiger partial charge is 0.408 e. The number of carbonyl (C=O) groups is 5. The zero-order valence-corrected chi connectivity index (χ0v) is 30.0. The summed E-state index contributed by atoms with van der Waals surface area (Å²) in [5, 5.41) is 5.40. The van der Waals surface area contributed by atoms with E-state index in [2.05, 4.69) is 10.6 Å². The summed E-state index contributed by atoms with van der Waals surface area (Å²) in [7, 11) is 0. The van der Waals surface area contributed by atoms with E-state index in [1.54, 1.807) is 53.7 Å². The summed E-state index contributed by atoms with van der Waals surface area (Å²) in [4.78, 5) is 69.0. The average Bonchev–Trinajstić information content (AvgIpc) is 2.96. The lowest BCUT2D eigenvalue weighted by atomic mass is 9.94. The first kappa shape index (κ1) is 39.8. The van der Waals surface area contributed by atoms with Gasteiger partial charge in [-0.15, -0.1) is 0 Å². The first-order chi connectivity index (χ1) is 22.3. The van der Waals surface area contributed by atoms with Gasteiger partial charge in [0, 0.05) is 13.0 Å². The fraction of sp³-hybridized carbons (Fsp3) is 0.541. The van der Waals surface area contributed by atoms with Crippen molar-refractivity contribution in [3.63, 3.8) is 0 Å². The first-order valence-electron chi connectivity index (χ1n) is 16.5. The van der Waals surface area contributed by atoms with Crippen LogP contribution in [0.3, 0.4) is 0 Å². The molecule has 0 spiro atoms. The largest absolute Gasteiger partial charge is 0.458 e. The van der Waals surface area contributed by atoms with Crippen molar-refractivity contribution in [2.45, 2.75) is 124 Å². The van der Waals surface area contributed by atoms with Gasteiger partial charge in [0.1, 0.15) is 29.3 Å². The highest BCUT2D eigenvalue weighted by molar-refractivity contribution is 5.96. The van der Waals surface area contributed by atoms with Gasteiger partial charge < -0.3 is 30.7 Å². The second-order valence-electron chi connectivity index (χ2n) is 14.1. The Morgan fingerprint density at radius 1 is 0.812 bits per heavy atom. The van der Waals surface area contributed by atoms with Crippen molar-refractivity contribution >= 4 is 29.8 Å². The van der Waals surface area contributed by atoms with E-state index in [4.69, 9.17) is 15.2 Å². The van der Waals surface area contributed by atoms with Crippen molar-refractivity contribution in [3.05, 3.63) is 70.8 Å². The third-order valence-corrected chi connectivity index (χ3v) is 7.47. The van der Waals surface area contributed by atoms with Gasteiger partial charge in [-0.1, -0.05) is 68.3 Å². The maximum atomic E-state index is 14.6. The van der Waals surface area contributed by atoms with E-state index >= 15 is 0 Å². The third-order valence-electron chi connectivity index (χ3n) is 7.47. The lowest BCUT2D eigenvalue weighted by Crippen LogP contribution is -2.56. The van der Waals surface area contributed by atoms with Crippen LogP contribution in [0.4, 0.5) is 4.79 Å². The van der Waals surface area contributed by atoms with E-state index in [1.165, 1.54) is 4.90 Å². The van der Waals surface area contributed by atoms with Crippen LogP contribution < -0.4 is 16.4 Å². The highest BCUT2D eigenvalue weighted by Gasteiger charge is 2.39. The fourth-order valence-electron chi connectivity index (χ4n) is 5.14. The molecule has 4 amide bonds. The van der Waals surface area contributed by atoms with Crippen LogP contribution in [0.1, 0.15) is 102 Å². The Labute approximate surface area is 285 Å². The fourth-order valence-corrected chi connectivity index (χ4v) is 5.14. The lowest BCUT2D eigenvalue weighted by Gasteiger charge is -2.36. The minimum absolute atomic E-state index is 0.124. The molecular weight excluding hydrogens is 612 g/mol. The normalized spacial score (nSPS) is 13.4. The molecule has 0 aliphatic heterocycles. The molecule has 0 aliphatic rings. The maximum absolute atomic E-state index is 14.6. The van der Waals surface area contributed by atoms with E-state index < -0.39 is 65.5 Å². The van der Waals surface area contributed by atoms with E-state index in [-0.39, 0.29) is 13.0 Å². The molecule has 0 aliphatic carbocycles. The monoisotopic (exact) mass is 666 g/mol. The van der Waals surface area contributed by atoms with Gasteiger partial charge in [0.05, 0.1) is 6.42 Å². The molecule has 11 heteroatoms. The van der Waals surface area contributed by atoms with Crippen molar-refractivity contribution in [2.75, 3.05) is 6.54 Å². The van der Waals surface area contributed by atoms with Crippen LogP contribution in [-0.2, 0) is 35.1 Å². The summed E-state index contributed by atoms with van der Waals surface area (Å²) in [6.07, 6.45) is 0.844. The maximum Gasteiger partial charge on any atom is 0.408 e. The predicted molar refractivity (Wildman–Crippen MR) is 185 cm³/mol. The van der Waals surface area contributed by atoms with Crippen LogP contribution in [0.2, 0.25) is 0 Å². The van der Waals surface area contributed by atoms with E-state index in [1.807, 2.05) is 57.2 Å². The number of alkyl carbamates (subject to hydrolysis) is 1. The first-order valence-corrected chi connectivity index (χ1v) is 16.5. The van der Waals surface area contributed by atoms with E-state index in [0.29, 0.717) is 12.0 Å².